The van der Waals surface area contributed by atoms with Gasteiger partial charge in [0.05, 0.1) is 19.2 Å². The van der Waals surface area contributed by atoms with Crippen molar-refractivity contribution in [2.45, 2.75) is 6.04 Å². The lowest BCUT2D eigenvalue weighted by atomic mass is 9.96. The maximum absolute atomic E-state index is 12.7. The molecule has 144 valence electrons. The summed E-state index contributed by atoms with van der Waals surface area (Å²) in [7, 11) is 1.50. The Hall–Kier alpha value is -3.12. The molecule has 3 aromatic rings. The summed E-state index contributed by atoms with van der Waals surface area (Å²) in [4.78, 5) is 16.9. The molecule has 0 unspecified atom stereocenters. The van der Waals surface area contributed by atoms with Crippen LogP contribution in [0.15, 0.2) is 71.3 Å². The van der Waals surface area contributed by atoms with Gasteiger partial charge in [0.2, 0.25) is 5.76 Å². The van der Waals surface area contributed by atoms with Gasteiger partial charge in [-0.1, -0.05) is 60.7 Å². The summed E-state index contributed by atoms with van der Waals surface area (Å²) in [6.07, 6.45) is 0. The largest absolute Gasteiger partial charge is 0.479 e. The fourth-order valence-electron chi connectivity index (χ4n) is 3.68. The van der Waals surface area contributed by atoms with Gasteiger partial charge in [-0.3, -0.25) is 9.69 Å². The van der Waals surface area contributed by atoms with Crippen molar-refractivity contribution in [3.05, 3.63) is 83.6 Å². The second-order valence-electron chi connectivity index (χ2n) is 6.79. The van der Waals surface area contributed by atoms with E-state index in [1.807, 2.05) is 17.0 Å². The highest BCUT2D eigenvalue weighted by molar-refractivity contribution is 5.91. The van der Waals surface area contributed by atoms with Crippen LogP contribution in [0.1, 0.15) is 27.7 Å². The first-order chi connectivity index (χ1) is 13.8. The van der Waals surface area contributed by atoms with Crippen molar-refractivity contribution >= 4 is 5.91 Å². The molecular formula is C22H23N3O3. The molecular weight excluding hydrogens is 354 g/mol. The predicted molar refractivity (Wildman–Crippen MR) is 105 cm³/mol. The fraction of sp³-hybridized carbons (Fsp3) is 0.273. The molecule has 0 N–H and O–H groups in total. The van der Waals surface area contributed by atoms with E-state index in [1.54, 1.807) is 0 Å². The standard InChI is InChI=1S/C22H23N3O3/c1-27-20-16-19(28-23-20)22(26)25-14-12-24(13-15-25)21(17-8-4-2-5-9-17)18-10-6-3-7-11-18/h2-11,16,21H,12-15H2,1H3. The van der Waals surface area contributed by atoms with Crippen molar-refractivity contribution in [3.63, 3.8) is 0 Å². The van der Waals surface area contributed by atoms with Crippen molar-refractivity contribution in [2.24, 2.45) is 0 Å². The number of rotatable bonds is 5. The fourth-order valence-corrected chi connectivity index (χ4v) is 3.68. The number of hydrogen-bond donors (Lipinski definition) is 0. The van der Waals surface area contributed by atoms with E-state index in [4.69, 9.17) is 9.26 Å². The number of methoxy groups -OCH3 is 1. The molecule has 0 atom stereocenters. The summed E-state index contributed by atoms with van der Waals surface area (Å²) in [5.74, 6) is 0.384. The number of carbonyl (C=O) groups excluding carboxylic acids is 1. The topological polar surface area (TPSA) is 58.8 Å². The van der Waals surface area contributed by atoms with Crippen LogP contribution in [0, 0.1) is 0 Å². The van der Waals surface area contributed by atoms with Gasteiger partial charge in [-0.25, -0.2) is 0 Å². The normalized spacial score (nSPS) is 15.0. The zero-order valence-corrected chi connectivity index (χ0v) is 15.8. The quantitative estimate of drug-likeness (QED) is 0.683. The van der Waals surface area contributed by atoms with Crippen LogP contribution < -0.4 is 4.74 Å². The van der Waals surface area contributed by atoms with Gasteiger partial charge in [-0.2, -0.15) is 0 Å². The van der Waals surface area contributed by atoms with E-state index in [0.717, 1.165) is 13.1 Å². The molecule has 0 bridgehead atoms. The predicted octanol–water partition coefficient (Wildman–Crippen LogP) is 3.23. The Morgan fingerprint density at radius 1 is 0.964 bits per heavy atom. The molecule has 1 aliphatic rings. The molecule has 6 nitrogen and oxygen atoms in total. The van der Waals surface area contributed by atoms with Crippen molar-refractivity contribution in [3.8, 4) is 5.88 Å². The molecule has 1 fully saturated rings. The summed E-state index contributed by atoms with van der Waals surface area (Å²) in [5, 5.41) is 3.72. The van der Waals surface area contributed by atoms with Crippen molar-refractivity contribution in [1.82, 2.24) is 15.0 Å². The van der Waals surface area contributed by atoms with Gasteiger partial charge in [-0.15, -0.1) is 0 Å². The number of amides is 1. The molecule has 1 aromatic heterocycles. The molecule has 2 heterocycles. The van der Waals surface area contributed by atoms with Crippen molar-refractivity contribution in [2.75, 3.05) is 33.3 Å². The van der Waals surface area contributed by atoms with Gasteiger partial charge >= 0.3 is 0 Å². The third kappa shape index (κ3) is 3.77. The highest BCUT2D eigenvalue weighted by Gasteiger charge is 2.29. The Bertz CT molecular complexity index is 864. The van der Waals surface area contributed by atoms with Crippen molar-refractivity contribution in [1.29, 1.82) is 0 Å². The van der Waals surface area contributed by atoms with E-state index in [0.29, 0.717) is 19.0 Å². The summed E-state index contributed by atoms with van der Waals surface area (Å²) >= 11 is 0. The summed E-state index contributed by atoms with van der Waals surface area (Å²) < 4.78 is 10.1. The molecule has 0 aliphatic carbocycles. The zero-order valence-electron chi connectivity index (χ0n) is 15.8. The van der Waals surface area contributed by atoms with Crippen LogP contribution in [0.25, 0.3) is 0 Å². The van der Waals surface area contributed by atoms with Gasteiger partial charge in [0.15, 0.2) is 0 Å². The average molecular weight is 377 g/mol. The Labute approximate surface area is 164 Å². The highest BCUT2D eigenvalue weighted by atomic mass is 16.5. The number of hydrogen-bond acceptors (Lipinski definition) is 5. The van der Waals surface area contributed by atoms with Crippen LogP contribution in [-0.4, -0.2) is 54.2 Å². The maximum Gasteiger partial charge on any atom is 0.292 e. The number of ether oxygens (including phenoxy) is 1. The molecule has 28 heavy (non-hydrogen) atoms. The Morgan fingerprint density at radius 2 is 1.54 bits per heavy atom. The first kappa shape index (κ1) is 18.3. The van der Waals surface area contributed by atoms with Gasteiger partial charge in [-0.05, 0) is 16.3 Å². The molecule has 0 radical (unpaired) electrons. The number of piperazine rings is 1. The number of nitrogens with zero attached hydrogens (tertiary/aromatic N) is 3. The van der Waals surface area contributed by atoms with E-state index in [9.17, 15) is 4.79 Å². The van der Waals surface area contributed by atoms with Crippen LogP contribution in [0.5, 0.6) is 5.88 Å². The minimum Gasteiger partial charge on any atom is -0.479 e. The average Bonchev–Trinajstić information content (AvgIpc) is 3.25. The Kier molecular flexibility index (Phi) is 5.39. The lowest BCUT2D eigenvalue weighted by Gasteiger charge is -2.39. The third-order valence-electron chi connectivity index (χ3n) is 5.11. The van der Waals surface area contributed by atoms with Crippen molar-refractivity contribution < 1.29 is 14.1 Å². The smallest absolute Gasteiger partial charge is 0.292 e. The molecule has 1 aliphatic heterocycles. The molecule has 0 saturated carbocycles. The van der Waals surface area contributed by atoms with Crippen LogP contribution in [-0.2, 0) is 0 Å². The zero-order chi connectivity index (χ0) is 19.3. The first-order valence-electron chi connectivity index (χ1n) is 9.40. The maximum atomic E-state index is 12.7. The van der Waals surface area contributed by atoms with E-state index in [2.05, 4.69) is 58.6 Å². The van der Waals surface area contributed by atoms with E-state index < -0.39 is 0 Å². The van der Waals surface area contributed by atoms with Crippen LogP contribution in [0.4, 0.5) is 0 Å². The molecule has 2 aromatic carbocycles. The second kappa shape index (κ2) is 8.27. The van der Waals surface area contributed by atoms with Crippen LogP contribution in [0.3, 0.4) is 0 Å². The number of carbonyl (C=O) groups is 1. The minimum absolute atomic E-state index is 0.147. The Morgan fingerprint density at radius 3 is 2.04 bits per heavy atom. The lowest BCUT2D eigenvalue weighted by molar-refractivity contribution is 0.0559. The molecule has 4 rings (SSSR count). The van der Waals surface area contributed by atoms with E-state index in [-0.39, 0.29) is 17.7 Å². The van der Waals surface area contributed by atoms with Gasteiger partial charge in [0.1, 0.15) is 0 Å². The lowest BCUT2D eigenvalue weighted by Crippen LogP contribution is -2.49. The SMILES string of the molecule is COc1cc(C(=O)N2CCN(C(c3ccccc3)c3ccccc3)CC2)on1. The summed E-state index contributed by atoms with van der Waals surface area (Å²) in [6, 6.07) is 22.7. The molecule has 0 spiro atoms. The summed E-state index contributed by atoms with van der Waals surface area (Å²) in [5.41, 5.74) is 2.52. The molecule has 1 saturated heterocycles. The number of aromatic nitrogens is 1. The van der Waals surface area contributed by atoms with Gasteiger partial charge in [0.25, 0.3) is 11.8 Å². The minimum atomic E-state index is -0.147. The second-order valence-corrected chi connectivity index (χ2v) is 6.79. The molecule has 6 heteroatoms. The van der Waals surface area contributed by atoms with Crippen LogP contribution in [0.2, 0.25) is 0 Å². The monoisotopic (exact) mass is 377 g/mol. The summed E-state index contributed by atoms with van der Waals surface area (Å²) in [6.45, 7) is 2.84. The third-order valence-corrected chi connectivity index (χ3v) is 5.11. The molecule has 1 amide bonds. The van der Waals surface area contributed by atoms with Crippen LogP contribution >= 0.6 is 0 Å². The number of benzene rings is 2. The highest BCUT2D eigenvalue weighted by Crippen LogP contribution is 2.29. The first-order valence-corrected chi connectivity index (χ1v) is 9.40. The van der Waals surface area contributed by atoms with Gasteiger partial charge < -0.3 is 14.2 Å². The Balaban J connectivity index is 1.49. The van der Waals surface area contributed by atoms with E-state index >= 15 is 0 Å². The van der Waals surface area contributed by atoms with Gasteiger partial charge in [0, 0.05) is 26.2 Å². The van der Waals surface area contributed by atoms with E-state index in [1.165, 1.54) is 24.3 Å².